The second kappa shape index (κ2) is 7.59. The minimum absolute atomic E-state index is 0.209. The van der Waals surface area contributed by atoms with Crippen LogP contribution in [-0.4, -0.2) is 58.2 Å². The molecule has 8 heteroatoms. The van der Waals surface area contributed by atoms with Crippen molar-refractivity contribution >= 4 is 29.3 Å². The summed E-state index contributed by atoms with van der Waals surface area (Å²) < 4.78 is 5.92. The van der Waals surface area contributed by atoms with Gasteiger partial charge in [0.25, 0.3) is 11.8 Å². The first-order chi connectivity index (χ1) is 13.5. The zero-order valence-corrected chi connectivity index (χ0v) is 15.8. The molecule has 2 aromatic rings. The average molecular weight is 400 g/mol. The third-order valence-electron chi connectivity index (χ3n) is 4.93. The number of rotatable bonds is 4. The van der Waals surface area contributed by atoms with Crippen LogP contribution >= 0.6 is 11.6 Å². The Bertz CT molecular complexity index is 914. The Morgan fingerprint density at radius 3 is 2.57 bits per heavy atom. The van der Waals surface area contributed by atoms with Crippen molar-refractivity contribution in [2.45, 2.75) is 18.9 Å². The van der Waals surface area contributed by atoms with Gasteiger partial charge < -0.3 is 9.64 Å². The first-order valence-corrected chi connectivity index (χ1v) is 9.41. The Morgan fingerprint density at radius 2 is 1.89 bits per heavy atom. The molecule has 1 aromatic carbocycles. The zero-order valence-electron chi connectivity index (χ0n) is 15.0. The van der Waals surface area contributed by atoms with Gasteiger partial charge in [-0.3, -0.25) is 24.3 Å². The Hall–Kier alpha value is -2.93. The molecule has 1 aromatic heterocycles. The minimum atomic E-state index is -0.428. The van der Waals surface area contributed by atoms with E-state index in [0.717, 1.165) is 17.7 Å². The summed E-state index contributed by atoms with van der Waals surface area (Å²) in [5.74, 6) is -0.607. The van der Waals surface area contributed by atoms with Gasteiger partial charge in [0.1, 0.15) is 23.4 Å². The predicted octanol–water partition coefficient (Wildman–Crippen LogP) is 2.40. The summed E-state index contributed by atoms with van der Waals surface area (Å²) in [6, 6.07) is 8.28. The third-order valence-corrected chi connectivity index (χ3v) is 5.22. The van der Waals surface area contributed by atoms with Gasteiger partial charge in [-0.2, -0.15) is 0 Å². The molecule has 1 unspecified atom stereocenters. The number of nitrogens with zero attached hydrogens (tertiary/aromatic N) is 3. The van der Waals surface area contributed by atoms with Crippen LogP contribution < -0.4 is 4.74 Å². The van der Waals surface area contributed by atoms with Crippen LogP contribution in [-0.2, 0) is 4.79 Å². The Labute approximate surface area is 166 Å². The Kier molecular flexibility index (Phi) is 5.00. The van der Waals surface area contributed by atoms with E-state index in [1.54, 1.807) is 41.4 Å². The van der Waals surface area contributed by atoms with E-state index in [0.29, 0.717) is 35.0 Å². The number of carbonyl (C=O) groups is 3. The summed E-state index contributed by atoms with van der Waals surface area (Å²) >= 11 is 6.08. The van der Waals surface area contributed by atoms with Gasteiger partial charge in [0.2, 0.25) is 5.91 Å². The molecule has 1 fully saturated rings. The maximum atomic E-state index is 12.7. The largest absolute Gasteiger partial charge is 0.487 e. The van der Waals surface area contributed by atoms with Crippen molar-refractivity contribution in [3.05, 3.63) is 58.9 Å². The van der Waals surface area contributed by atoms with Crippen molar-refractivity contribution in [1.82, 2.24) is 14.8 Å². The van der Waals surface area contributed by atoms with Gasteiger partial charge in [-0.15, -0.1) is 0 Å². The molecule has 7 nitrogen and oxygen atoms in total. The molecule has 1 saturated heterocycles. The number of hydrogen-bond acceptors (Lipinski definition) is 5. The van der Waals surface area contributed by atoms with Gasteiger partial charge in [0, 0.05) is 25.0 Å². The fraction of sp³-hybridized carbons (Fsp3) is 0.300. The summed E-state index contributed by atoms with van der Waals surface area (Å²) in [5.41, 5.74) is 0.681. The Balaban J connectivity index is 1.41. The number of fused-ring (bicyclic) bond motifs is 1. The number of benzene rings is 1. The van der Waals surface area contributed by atoms with E-state index in [9.17, 15) is 14.4 Å². The van der Waals surface area contributed by atoms with Crippen molar-refractivity contribution in [2.75, 3.05) is 19.6 Å². The van der Waals surface area contributed by atoms with Gasteiger partial charge in [-0.25, -0.2) is 0 Å². The molecular weight excluding hydrogens is 382 g/mol. The van der Waals surface area contributed by atoms with Gasteiger partial charge >= 0.3 is 0 Å². The molecular formula is C20H18ClN3O4. The molecule has 1 atom stereocenters. The highest BCUT2D eigenvalue weighted by Gasteiger charge is 2.37. The van der Waals surface area contributed by atoms with Gasteiger partial charge in [0.15, 0.2) is 0 Å². The normalized spacial score (nSPS) is 19.0. The number of imide groups is 1. The van der Waals surface area contributed by atoms with Gasteiger partial charge in [-0.05, 0) is 25.0 Å². The van der Waals surface area contributed by atoms with E-state index in [4.69, 9.17) is 16.3 Å². The lowest BCUT2D eigenvalue weighted by atomic mass is 10.1. The molecule has 2 aliphatic heterocycles. The molecule has 3 heterocycles. The monoisotopic (exact) mass is 399 g/mol. The smallest absolute Gasteiger partial charge is 0.262 e. The second-order valence-electron chi connectivity index (χ2n) is 6.77. The summed E-state index contributed by atoms with van der Waals surface area (Å²) in [7, 11) is 0. The van der Waals surface area contributed by atoms with Crippen LogP contribution in [0.1, 0.15) is 33.6 Å². The molecule has 3 amide bonds. The second-order valence-corrected chi connectivity index (χ2v) is 7.18. The van der Waals surface area contributed by atoms with Crippen molar-refractivity contribution in [3.8, 4) is 5.75 Å². The number of aromatic nitrogens is 1. The van der Waals surface area contributed by atoms with E-state index in [1.165, 1.54) is 6.20 Å². The molecule has 2 aliphatic rings. The van der Waals surface area contributed by atoms with Crippen LogP contribution in [0.2, 0.25) is 5.02 Å². The summed E-state index contributed by atoms with van der Waals surface area (Å²) in [6.45, 7) is 0.668. The van der Waals surface area contributed by atoms with E-state index < -0.39 is 11.8 Å². The van der Waals surface area contributed by atoms with Crippen molar-refractivity contribution in [1.29, 1.82) is 0 Å². The predicted molar refractivity (Wildman–Crippen MR) is 101 cm³/mol. The van der Waals surface area contributed by atoms with Crippen molar-refractivity contribution in [2.24, 2.45) is 0 Å². The number of halogens is 1. The van der Waals surface area contributed by atoms with E-state index in [1.807, 2.05) is 0 Å². The van der Waals surface area contributed by atoms with Gasteiger partial charge in [-0.1, -0.05) is 23.7 Å². The molecule has 0 N–H and O–H groups in total. The first-order valence-electron chi connectivity index (χ1n) is 9.04. The lowest BCUT2D eigenvalue weighted by Crippen LogP contribution is -2.49. The summed E-state index contributed by atoms with van der Waals surface area (Å²) in [5, 5.41) is 0.414. The molecule has 144 valence electrons. The summed E-state index contributed by atoms with van der Waals surface area (Å²) in [4.78, 5) is 44.2. The number of pyridine rings is 1. The maximum Gasteiger partial charge on any atom is 0.262 e. The molecule has 0 aliphatic carbocycles. The molecule has 4 rings (SSSR count). The third kappa shape index (κ3) is 3.45. The molecule has 28 heavy (non-hydrogen) atoms. The lowest BCUT2D eigenvalue weighted by molar-refractivity contribution is -0.134. The standard InChI is InChI=1S/C20H18ClN3O4/c21-16-10-22-8-7-17(16)28-13-4-3-9-23(11-13)18(25)12-24-19(26)14-5-1-2-6-15(14)20(24)27/h1-2,5-8,10,13H,3-4,9,11-12H2. The van der Waals surface area contributed by atoms with Crippen molar-refractivity contribution in [3.63, 3.8) is 0 Å². The number of ether oxygens (including phenoxy) is 1. The van der Waals surface area contributed by atoms with Crippen LogP contribution in [0.4, 0.5) is 0 Å². The van der Waals surface area contributed by atoms with E-state index >= 15 is 0 Å². The maximum absolute atomic E-state index is 12.7. The van der Waals surface area contributed by atoms with Crippen LogP contribution in [0.3, 0.4) is 0 Å². The highest BCUT2D eigenvalue weighted by atomic mass is 35.5. The quantitative estimate of drug-likeness (QED) is 0.737. The number of likely N-dealkylation sites (tertiary alicyclic amines) is 1. The fourth-order valence-electron chi connectivity index (χ4n) is 3.52. The van der Waals surface area contributed by atoms with Crippen LogP contribution in [0, 0.1) is 0 Å². The van der Waals surface area contributed by atoms with E-state index in [2.05, 4.69) is 4.98 Å². The highest BCUT2D eigenvalue weighted by molar-refractivity contribution is 6.31. The fourth-order valence-corrected chi connectivity index (χ4v) is 3.68. The number of piperidine rings is 1. The number of amides is 3. The zero-order chi connectivity index (χ0) is 19.7. The van der Waals surface area contributed by atoms with Crippen LogP contribution in [0.5, 0.6) is 5.75 Å². The average Bonchev–Trinajstić information content (AvgIpc) is 2.95. The highest BCUT2D eigenvalue weighted by Crippen LogP contribution is 2.26. The molecule has 0 spiro atoms. The summed E-state index contributed by atoms with van der Waals surface area (Å²) in [6.07, 6.45) is 4.44. The minimum Gasteiger partial charge on any atom is -0.487 e. The topological polar surface area (TPSA) is 79.8 Å². The van der Waals surface area contributed by atoms with Crippen molar-refractivity contribution < 1.29 is 19.1 Å². The van der Waals surface area contributed by atoms with Gasteiger partial charge in [0.05, 0.1) is 17.7 Å². The lowest BCUT2D eigenvalue weighted by Gasteiger charge is -2.33. The molecule has 0 radical (unpaired) electrons. The van der Waals surface area contributed by atoms with E-state index in [-0.39, 0.29) is 18.6 Å². The number of hydrogen-bond donors (Lipinski definition) is 0. The number of carbonyl (C=O) groups excluding carboxylic acids is 3. The SMILES string of the molecule is O=C(CN1C(=O)c2ccccc2C1=O)N1CCCC(Oc2ccncc2Cl)C1. The Morgan fingerprint density at radius 1 is 1.18 bits per heavy atom. The first kappa shape index (κ1) is 18.4. The molecule has 0 bridgehead atoms. The molecule has 0 saturated carbocycles. The van der Waals surface area contributed by atoms with Crippen LogP contribution in [0.25, 0.3) is 0 Å². The van der Waals surface area contributed by atoms with Crippen LogP contribution in [0.15, 0.2) is 42.7 Å².